The van der Waals surface area contributed by atoms with E-state index in [0.717, 1.165) is 38.7 Å². The summed E-state index contributed by atoms with van der Waals surface area (Å²) in [7, 11) is 1.63. The normalized spacial score (nSPS) is 23.5. The van der Waals surface area contributed by atoms with Gasteiger partial charge >= 0.3 is 6.03 Å². The lowest BCUT2D eigenvalue weighted by molar-refractivity contribution is -0.0586. The first-order chi connectivity index (χ1) is 16.3. The maximum Gasteiger partial charge on any atom is 0.317 e. The quantitative estimate of drug-likeness (QED) is 0.402. The smallest absolute Gasteiger partial charge is 0.317 e. The molecule has 3 rings (SSSR count). The van der Waals surface area contributed by atoms with Crippen LogP contribution in [0.25, 0.3) is 0 Å². The monoisotopic (exact) mass is 499 g/mol. The number of hydrogen-bond donors (Lipinski definition) is 3. The molecule has 0 aliphatic carbocycles. The fourth-order valence-corrected chi connectivity index (χ4v) is 5.35. The molecule has 2 saturated heterocycles. The highest BCUT2D eigenvalue weighted by Crippen LogP contribution is 2.42. The second kappa shape index (κ2) is 13.0. The van der Waals surface area contributed by atoms with Crippen LogP contribution in [0.5, 0.6) is 0 Å². The number of amides is 2. The number of rotatable bonds is 11. The number of nitrogens with two attached hydrogens (primary N) is 1. The molecule has 4 atom stereocenters. The largest absolute Gasteiger partial charge is 0.385 e. The van der Waals surface area contributed by atoms with Crippen molar-refractivity contribution in [3.05, 3.63) is 34.6 Å². The predicted octanol–water partition coefficient (Wildman–Crippen LogP) is 3.80. The van der Waals surface area contributed by atoms with Crippen molar-refractivity contribution in [2.75, 3.05) is 40.0 Å². The average Bonchev–Trinajstić information content (AvgIpc) is 3.35. The summed E-state index contributed by atoms with van der Waals surface area (Å²) in [6.45, 7) is 2.63. The van der Waals surface area contributed by atoms with Crippen LogP contribution in [0.2, 0.25) is 5.02 Å². The molecule has 9 heteroatoms. The number of piperidine rings is 1. The van der Waals surface area contributed by atoms with E-state index in [1.54, 1.807) is 24.1 Å². The Bertz CT molecular complexity index is 795. The number of urea groups is 1. The summed E-state index contributed by atoms with van der Waals surface area (Å²) in [6, 6.07) is 4.35. The van der Waals surface area contributed by atoms with Crippen LogP contribution in [0.3, 0.4) is 0 Å². The highest BCUT2D eigenvalue weighted by atomic mass is 35.5. The Balaban J connectivity index is 1.65. The van der Waals surface area contributed by atoms with Crippen LogP contribution in [0, 0.1) is 11.7 Å². The Morgan fingerprint density at radius 3 is 2.97 bits per heavy atom. The molecule has 1 unspecified atom stereocenters. The predicted molar refractivity (Wildman–Crippen MR) is 130 cm³/mol. The first-order valence-electron chi connectivity index (χ1n) is 12.4. The molecule has 0 radical (unpaired) electrons. The third-order valence-electron chi connectivity index (χ3n) is 7.06. The molecule has 192 valence electrons. The van der Waals surface area contributed by atoms with Crippen molar-refractivity contribution in [1.82, 2.24) is 10.2 Å². The first-order valence-corrected chi connectivity index (χ1v) is 12.8. The zero-order valence-corrected chi connectivity index (χ0v) is 20.9. The van der Waals surface area contributed by atoms with E-state index in [9.17, 15) is 9.90 Å². The fraction of sp³-hybridized carbons (Fsp3) is 0.720. The number of nitrogens with zero attached hydrogens (tertiary/aromatic N) is 1. The van der Waals surface area contributed by atoms with Crippen LogP contribution < -0.4 is 11.1 Å². The number of methoxy groups -OCH3 is 1. The van der Waals surface area contributed by atoms with Crippen LogP contribution in [0.1, 0.15) is 56.9 Å². The van der Waals surface area contributed by atoms with E-state index in [1.807, 2.05) is 0 Å². The number of unbranched alkanes of at least 4 members (excludes halogenated alkanes) is 1. The molecule has 2 amide bonds. The number of likely N-dealkylation sites (tertiary alicyclic amines) is 1. The van der Waals surface area contributed by atoms with Crippen molar-refractivity contribution in [3.8, 4) is 0 Å². The number of carbonyl (C=O) groups excluding carboxylic acids is 1. The first kappa shape index (κ1) is 27.1. The van der Waals surface area contributed by atoms with Gasteiger partial charge in [0.05, 0.1) is 16.7 Å². The molecule has 0 spiro atoms. The zero-order chi connectivity index (χ0) is 24.6. The molecule has 2 aliphatic rings. The van der Waals surface area contributed by atoms with Gasteiger partial charge in [0.1, 0.15) is 5.82 Å². The molecule has 2 fully saturated rings. The summed E-state index contributed by atoms with van der Waals surface area (Å²) in [5.74, 6) is -0.914. The van der Waals surface area contributed by atoms with Gasteiger partial charge in [0.25, 0.3) is 0 Å². The number of halogens is 2. The van der Waals surface area contributed by atoms with Gasteiger partial charge in [-0.05, 0) is 57.4 Å². The van der Waals surface area contributed by atoms with Crippen molar-refractivity contribution in [3.63, 3.8) is 0 Å². The topological polar surface area (TPSA) is 97.1 Å². The molecule has 4 N–H and O–H groups in total. The standard InChI is InChI=1S/C25H39ClFN3O4/c1-33-13-3-2-11-25(32,21-9-4-10-22(26)23(21)27)18-7-5-12-30(17-18)24(31)29-16-19(28)15-20-8-6-14-34-20/h4,9-10,18-20,32H,2-3,5-8,11-17,28H2,1H3,(H,29,31)/t18-,19-,20?,25+/m1/s1. The number of benzene rings is 1. The van der Waals surface area contributed by atoms with Gasteiger partial charge in [-0.3, -0.25) is 0 Å². The third-order valence-corrected chi connectivity index (χ3v) is 7.36. The van der Waals surface area contributed by atoms with E-state index in [-0.39, 0.29) is 34.7 Å². The number of hydrogen-bond acceptors (Lipinski definition) is 5. The molecule has 7 nitrogen and oxygen atoms in total. The Morgan fingerprint density at radius 1 is 1.41 bits per heavy atom. The van der Waals surface area contributed by atoms with E-state index >= 15 is 4.39 Å². The number of nitrogens with one attached hydrogen (secondary N) is 1. The Morgan fingerprint density at radius 2 is 2.24 bits per heavy atom. The Labute approximate surface area is 207 Å². The fourth-order valence-electron chi connectivity index (χ4n) is 5.17. The van der Waals surface area contributed by atoms with Gasteiger partial charge in [0.2, 0.25) is 0 Å². The molecule has 0 aromatic heterocycles. The lowest BCUT2D eigenvalue weighted by Crippen LogP contribution is -2.52. The summed E-state index contributed by atoms with van der Waals surface area (Å²) in [4.78, 5) is 14.6. The van der Waals surface area contributed by atoms with Crippen LogP contribution in [-0.2, 0) is 15.1 Å². The SMILES string of the molecule is COCCCC[C@@](O)(c1cccc(Cl)c1F)[C@@H]1CCCN(C(=O)NC[C@H](N)CC2CCCO2)C1. The number of aliphatic hydroxyl groups is 1. The molecule has 1 aromatic carbocycles. The van der Waals surface area contributed by atoms with Gasteiger partial charge in [-0.25, -0.2) is 9.18 Å². The number of carbonyl (C=O) groups is 1. The minimum Gasteiger partial charge on any atom is -0.385 e. The van der Waals surface area contributed by atoms with E-state index in [1.165, 1.54) is 6.07 Å². The molecule has 2 aliphatic heterocycles. The molecular weight excluding hydrogens is 461 g/mol. The minimum atomic E-state index is -1.43. The molecular formula is C25H39ClFN3O4. The second-order valence-electron chi connectivity index (χ2n) is 9.58. The Kier molecular flexibility index (Phi) is 10.4. The van der Waals surface area contributed by atoms with Gasteiger partial charge in [-0.2, -0.15) is 0 Å². The lowest BCUT2D eigenvalue weighted by atomic mass is 9.74. The van der Waals surface area contributed by atoms with Crippen molar-refractivity contribution in [2.45, 2.75) is 69.1 Å². The van der Waals surface area contributed by atoms with Gasteiger partial charge in [0, 0.05) is 57.5 Å². The Hall–Kier alpha value is -1.45. The second-order valence-corrected chi connectivity index (χ2v) is 9.98. The maximum absolute atomic E-state index is 15.0. The van der Waals surface area contributed by atoms with E-state index in [0.29, 0.717) is 45.5 Å². The summed E-state index contributed by atoms with van der Waals surface area (Å²) in [6.07, 6.45) is 6.15. The summed E-state index contributed by atoms with van der Waals surface area (Å²) < 4.78 is 25.8. The van der Waals surface area contributed by atoms with Crippen LogP contribution >= 0.6 is 11.6 Å². The summed E-state index contributed by atoms with van der Waals surface area (Å²) >= 11 is 6.05. The van der Waals surface area contributed by atoms with Crippen molar-refractivity contribution < 1.29 is 23.8 Å². The maximum atomic E-state index is 15.0. The van der Waals surface area contributed by atoms with Gasteiger partial charge in [-0.1, -0.05) is 23.7 Å². The van der Waals surface area contributed by atoms with Crippen LogP contribution in [-0.4, -0.2) is 68.1 Å². The zero-order valence-electron chi connectivity index (χ0n) is 20.1. The van der Waals surface area contributed by atoms with Crippen molar-refractivity contribution in [2.24, 2.45) is 11.7 Å². The van der Waals surface area contributed by atoms with E-state index < -0.39 is 11.4 Å². The minimum absolute atomic E-state index is 0.0153. The highest BCUT2D eigenvalue weighted by Gasteiger charge is 2.43. The molecule has 0 bridgehead atoms. The van der Waals surface area contributed by atoms with Gasteiger partial charge < -0.3 is 30.5 Å². The molecule has 0 saturated carbocycles. The van der Waals surface area contributed by atoms with Crippen LogP contribution in [0.15, 0.2) is 18.2 Å². The number of ether oxygens (including phenoxy) is 2. The molecule has 1 aromatic rings. The molecule has 2 heterocycles. The van der Waals surface area contributed by atoms with Crippen LogP contribution in [0.4, 0.5) is 9.18 Å². The highest BCUT2D eigenvalue weighted by molar-refractivity contribution is 6.30. The summed E-state index contributed by atoms with van der Waals surface area (Å²) in [5.41, 5.74) is 4.96. The van der Waals surface area contributed by atoms with Gasteiger partial charge in [0.15, 0.2) is 0 Å². The van der Waals surface area contributed by atoms with E-state index in [2.05, 4.69) is 5.32 Å². The average molecular weight is 500 g/mol. The van der Waals surface area contributed by atoms with Crippen molar-refractivity contribution >= 4 is 17.6 Å². The van der Waals surface area contributed by atoms with E-state index in [4.69, 9.17) is 26.8 Å². The third kappa shape index (κ3) is 7.04. The lowest BCUT2D eigenvalue weighted by Gasteiger charge is -2.43. The molecule has 34 heavy (non-hydrogen) atoms. The van der Waals surface area contributed by atoms with Crippen molar-refractivity contribution in [1.29, 1.82) is 0 Å². The summed E-state index contributed by atoms with van der Waals surface area (Å²) in [5, 5.41) is 14.8. The van der Waals surface area contributed by atoms with Gasteiger partial charge in [-0.15, -0.1) is 0 Å².